The molecule has 0 unspecified atom stereocenters. The van der Waals surface area contributed by atoms with E-state index in [1.54, 1.807) is 0 Å². The molecule has 0 spiro atoms. The SMILES string of the molecule is O[C@@H]1C[C@@H](c2ccc3ccccc3c2)Oc2ccccc21. The van der Waals surface area contributed by atoms with E-state index in [-0.39, 0.29) is 6.10 Å². The maximum absolute atomic E-state index is 10.3. The molecule has 1 aliphatic heterocycles. The molecule has 2 heteroatoms. The lowest BCUT2D eigenvalue weighted by atomic mass is 9.94. The van der Waals surface area contributed by atoms with Crippen LogP contribution < -0.4 is 4.74 Å². The predicted octanol–water partition coefficient (Wildman–Crippen LogP) is 4.40. The number of aliphatic hydroxyl groups excluding tert-OH is 1. The average molecular weight is 276 g/mol. The van der Waals surface area contributed by atoms with Crippen molar-refractivity contribution < 1.29 is 9.84 Å². The predicted molar refractivity (Wildman–Crippen MR) is 83.3 cm³/mol. The van der Waals surface area contributed by atoms with Gasteiger partial charge in [-0.25, -0.2) is 0 Å². The minimum atomic E-state index is -0.466. The highest BCUT2D eigenvalue weighted by Gasteiger charge is 2.27. The van der Waals surface area contributed by atoms with Crippen LogP contribution in [0.4, 0.5) is 0 Å². The third-order valence-corrected chi connectivity index (χ3v) is 4.13. The summed E-state index contributed by atoms with van der Waals surface area (Å²) in [6.45, 7) is 0. The number of fused-ring (bicyclic) bond motifs is 2. The molecule has 3 aromatic carbocycles. The molecule has 1 aliphatic rings. The largest absolute Gasteiger partial charge is 0.485 e. The normalized spacial score (nSPS) is 20.8. The van der Waals surface area contributed by atoms with Crippen LogP contribution in [0.5, 0.6) is 5.75 Å². The second kappa shape index (κ2) is 4.90. The van der Waals surface area contributed by atoms with Crippen LogP contribution in [0.1, 0.15) is 29.8 Å². The van der Waals surface area contributed by atoms with Crippen LogP contribution >= 0.6 is 0 Å². The molecular weight excluding hydrogens is 260 g/mol. The summed E-state index contributed by atoms with van der Waals surface area (Å²) < 4.78 is 6.08. The second-order valence-corrected chi connectivity index (χ2v) is 5.50. The van der Waals surface area contributed by atoms with E-state index in [1.165, 1.54) is 10.8 Å². The Kier molecular flexibility index (Phi) is 2.90. The van der Waals surface area contributed by atoms with Crippen molar-refractivity contribution >= 4 is 10.8 Å². The van der Waals surface area contributed by atoms with Crippen molar-refractivity contribution in [1.82, 2.24) is 0 Å². The van der Waals surface area contributed by atoms with Gasteiger partial charge >= 0.3 is 0 Å². The molecular formula is C19H16O2. The fourth-order valence-corrected chi connectivity index (χ4v) is 3.01. The molecule has 0 bridgehead atoms. The molecule has 0 saturated carbocycles. The van der Waals surface area contributed by atoms with Gasteiger partial charge in [0.05, 0.1) is 6.10 Å². The number of rotatable bonds is 1. The van der Waals surface area contributed by atoms with Gasteiger partial charge in [0.15, 0.2) is 0 Å². The van der Waals surface area contributed by atoms with Crippen molar-refractivity contribution in [2.24, 2.45) is 0 Å². The van der Waals surface area contributed by atoms with Gasteiger partial charge in [-0.3, -0.25) is 0 Å². The number of ether oxygens (including phenoxy) is 1. The van der Waals surface area contributed by atoms with Gasteiger partial charge in [0.2, 0.25) is 0 Å². The Morgan fingerprint density at radius 2 is 1.62 bits per heavy atom. The number of para-hydroxylation sites is 1. The van der Waals surface area contributed by atoms with Gasteiger partial charge < -0.3 is 9.84 Å². The molecule has 0 amide bonds. The highest BCUT2D eigenvalue weighted by atomic mass is 16.5. The monoisotopic (exact) mass is 276 g/mol. The van der Waals surface area contributed by atoms with E-state index in [0.29, 0.717) is 6.42 Å². The van der Waals surface area contributed by atoms with Crippen LogP contribution in [0.15, 0.2) is 66.7 Å². The molecule has 0 saturated heterocycles. The Morgan fingerprint density at radius 1 is 0.857 bits per heavy atom. The van der Waals surface area contributed by atoms with Gasteiger partial charge in [-0.05, 0) is 28.5 Å². The first-order valence-corrected chi connectivity index (χ1v) is 7.23. The first kappa shape index (κ1) is 12.4. The molecule has 3 aromatic rings. The molecule has 0 aromatic heterocycles. The fourth-order valence-electron chi connectivity index (χ4n) is 3.01. The summed E-state index contributed by atoms with van der Waals surface area (Å²) in [6.07, 6.45) is 0.0287. The molecule has 4 rings (SSSR count). The molecule has 0 fully saturated rings. The zero-order valence-corrected chi connectivity index (χ0v) is 11.6. The minimum Gasteiger partial charge on any atom is -0.485 e. The summed E-state index contributed by atoms with van der Waals surface area (Å²) in [5.41, 5.74) is 2.00. The number of hydrogen-bond acceptors (Lipinski definition) is 2. The van der Waals surface area contributed by atoms with E-state index >= 15 is 0 Å². The lowest BCUT2D eigenvalue weighted by molar-refractivity contribution is 0.0658. The Morgan fingerprint density at radius 3 is 2.52 bits per heavy atom. The van der Waals surface area contributed by atoms with Gasteiger partial charge in [-0.15, -0.1) is 0 Å². The molecule has 21 heavy (non-hydrogen) atoms. The number of aliphatic hydroxyl groups is 1. The maximum atomic E-state index is 10.3. The topological polar surface area (TPSA) is 29.5 Å². The van der Waals surface area contributed by atoms with Crippen LogP contribution in [0, 0.1) is 0 Å². The van der Waals surface area contributed by atoms with Crippen molar-refractivity contribution in [2.75, 3.05) is 0 Å². The van der Waals surface area contributed by atoms with Crippen molar-refractivity contribution in [3.8, 4) is 5.75 Å². The quantitative estimate of drug-likeness (QED) is 0.714. The van der Waals surface area contributed by atoms with E-state index in [2.05, 4.69) is 30.3 Å². The van der Waals surface area contributed by atoms with E-state index in [9.17, 15) is 5.11 Å². The molecule has 0 radical (unpaired) electrons. The Labute approximate surface area is 123 Å². The molecule has 0 aliphatic carbocycles. The lowest BCUT2D eigenvalue weighted by Gasteiger charge is -2.30. The van der Waals surface area contributed by atoms with Crippen LogP contribution in [-0.2, 0) is 0 Å². The average Bonchev–Trinajstić information content (AvgIpc) is 2.54. The van der Waals surface area contributed by atoms with Gasteiger partial charge in [0.25, 0.3) is 0 Å². The molecule has 2 nitrogen and oxygen atoms in total. The number of hydrogen-bond donors (Lipinski definition) is 1. The Hall–Kier alpha value is -2.32. The maximum Gasteiger partial charge on any atom is 0.127 e. The fraction of sp³-hybridized carbons (Fsp3) is 0.158. The van der Waals surface area contributed by atoms with E-state index < -0.39 is 6.10 Å². The zero-order valence-electron chi connectivity index (χ0n) is 11.6. The highest BCUT2D eigenvalue weighted by molar-refractivity contribution is 5.83. The van der Waals surface area contributed by atoms with E-state index in [1.807, 2.05) is 36.4 Å². The lowest BCUT2D eigenvalue weighted by Crippen LogP contribution is -2.18. The molecule has 104 valence electrons. The molecule has 1 heterocycles. The van der Waals surface area contributed by atoms with Gasteiger partial charge in [-0.1, -0.05) is 54.6 Å². The minimum absolute atomic E-state index is 0.0977. The second-order valence-electron chi connectivity index (χ2n) is 5.50. The summed E-state index contributed by atoms with van der Waals surface area (Å²) in [7, 11) is 0. The molecule has 2 atom stereocenters. The van der Waals surface area contributed by atoms with E-state index in [4.69, 9.17) is 4.74 Å². The number of benzene rings is 3. The Balaban J connectivity index is 1.73. The highest BCUT2D eigenvalue weighted by Crippen LogP contribution is 2.40. The first-order chi connectivity index (χ1) is 10.3. The summed E-state index contributed by atoms with van der Waals surface area (Å²) in [6, 6.07) is 22.4. The van der Waals surface area contributed by atoms with Crippen molar-refractivity contribution in [3.63, 3.8) is 0 Å². The summed E-state index contributed by atoms with van der Waals surface area (Å²) >= 11 is 0. The van der Waals surface area contributed by atoms with Crippen LogP contribution in [0.2, 0.25) is 0 Å². The Bertz CT molecular complexity index is 794. The summed E-state index contributed by atoms with van der Waals surface area (Å²) in [5, 5.41) is 12.7. The van der Waals surface area contributed by atoms with Crippen molar-refractivity contribution in [2.45, 2.75) is 18.6 Å². The van der Waals surface area contributed by atoms with Crippen molar-refractivity contribution in [1.29, 1.82) is 0 Å². The van der Waals surface area contributed by atoms with Crippen LogP contribution in [0.25, 0.3) is 10.8 Å². The molecule has 1 N–H and O–H groups in total. The van der Waals surface area contributed by atoms with Crippen molar-refractivity contribution in [3.05, 3.63) is 77.9 Å². The van der Waals surface area contributed by atoms with Gasteiger partial charge in [0, 0.05) is 12.0 Å². The third-order valence-electron chi connectivity index (χ3n) is 4.13. The standard InChI is InChI=1S/C19H16O2/c20-17-12-19(21-18-8-4-3-7-16(17)18)15-10-9-13-5-1-2-6-14(13)11-15/h1-11,17,19-20H,12H2/t17-,19+/m1/s1. The summed E-state index contributed by atoms with van der Waals surface area (Å²) in [4.78, 5) is 0. The van der Waals surface area contributed by atoms with Crippen LogP contribution in [0.3, 0.4) is 0 Å². The third kappa shape index (κ3) is 2.18. The van der Waals surface area contributed by atoms with E-state index in [0.717, 1.165) is 16.9 Å². The van der Waals surface area contributed by atoms with Gasteiger partial charge in [0.1, 0.15) is 11.9 Å². The van der Waals surface area contributed by atoms with Crippen LogP contribution in [-0.4, -0.2) is 5.11 Å². The smallest absolute Gasteiger partial charge is 0.127 e. The van der Waals surface area contributed by atoms with Gasteiger partial charge in [-0.2, -0.15) is 0 Å². The first-order valence-electron chi connectivity index (χ1n) is 7.23. The summed E-state index contributed by atoms with van der Waals surface area (Å²) in [5.74, 6) is 0.786. The zero-order chi connectivity index (χ0) is 14.2.